The summed E-state index contributed by atoms with van der Waals surface area (Å²) in [6.07, 6.45) is 4.43. The Kier molecular flexibility index (Phi) is 5.96. The zero-order valence-corrected chi connectivity index (χ0v) is 23.9. The van der Waals surface area contributed by atoms with Gasteiger partial charge in [-0.3, -0.25) is 0 Å². The van der Waals surface area contributed by atoms with E-state index in [0.717, 1.165) is 0 Å². The smallest absolute Gasteiger partial charge is 0.0656 e. The topological polar surface area (TPSA) is 7.76 Å². The van der Waals surface area contributed by atoms with Crippen LogP contribution < -0.4 is 14.5 Å². The molecule has 0 amide bonds. The second-order valence-corrected chi connectivity index (χ2v) is 16.4. The molecule has 6 aromatic rings. The van der Waals surface area contributed by atoms with Gasteiger partial charge in [0.2, 0.25) is 12.4 Å². The van der Waals surface area contributed by atoms with Crippen LogP contribution in [0.5, 0.6) is 0 Å². The Bertz CT molecular complexity index is 1830. The summed E-state index contributed by atoms with van der Waals surface area (Å²) < 4.78 is 4.61. The van der Waals surface area contributed by atoms with Gasteiger partial charge in [0.25, 0.3) is 11.4 Å². The van der Waals surface area contributed by atoms with E-state index in [2.05, 4.69) is 158 Å². The number of fused-ring (bicyclic) bond motifs is 3. The highest BCUT2D eigenvalue weighted by Crippen LogP contribution is 2.31. The van der Waals surface area contributed by atoms with Gasteiger partial charge >= 0.3 is 0 Å². The lowest BCUT2D eigenvalue weighted by molar-refractivity contribution is -1.29. The molecule has 0 spiro atoms. The first-order chi connectivity index (χ1) is 18.3. The molecule has 2 aromatic heterocycles. The molecule has 186 valence electrons. The fourth-order valence-electron chi connectivity index (χ4n) is 5.48. The summed E-state index contributed by atoms with van der Waals surface area (Å²) in [7, 11) is -1.54. The van der Waals surface area contributed by atoms with Gasteiger partial charge in [0, 0.05) is 24.3 Å². The Morgan fingerprint density at radius 1 is 0.500 bits per heavy atom. The van der Waals surface area contributed by atoms with Crippen LogP contribution in [0.2, 0.25) is 19.6 Å². The van der Waals surface area contributed by atoms with Gasteiger partial charge < -0.3 is 0 Å². The van der Waals surface area contributed by atoms with Gasteiger partial charge in [0.05, 0.1) is 28.6 Å². The number of aromatic nitrogens is 2. The second kappa shape index (κ2) is 9.34. The molecule has 38 heavy (non-hydrogen) atoms. The van der Waals surface area contributed by atoms with E-state index >= 15 is 0 Å². The Labute approximate surface area is 226 Å². The summed E-state index contributed by atoms with van der Waals surface area (Å²) in [5.74, 6) is 0. The highest BCUT2D eigenvalue weighted by Gasteiger charge is 2.31. The quantitative estimate of drug-likeness (QED) is 0.133. The number of hydrogen-bond donors (Lipinski definition) is 0. The zero-order chi connectivity index (χ0) is 26.4. The molecule has 2 heterocycles. The molecule has 0 radical (unpaired) electrons. The Hall–Kier alpha value is -4.08. The number of pyridine rings is 2. The lowest BCUT2D eigenvalue weighted by Crippen LogP contribution is -2.68. The number of benzene rings is 4. The molecule has 0 fully saturated rings. The maximum absolute atomic E-state index is 2.43. The van der Waals surface area contributed by atoms with Crippen molar-refractivity contribution in [1.82, 2.24) is 0 Å². The first-order valence-corrected chi connectivity index (χ1v) is 16.9. The normalized spacial score (nSPS) is 11.8. The van der Waals surface area contributed by atoms with Gasteiger partial charge in [-0.1, -0.05) is 74.2 Å². The molecule has 0 aliphatic rings. The summed E-state index contributed by atoms with van der Waals surface area (Å²) in [5.41, 5.74) is 7.43. The SMILES string of the molecule is Cc1ccccc1-c1cccc[n+]1-[n+]1ccc([Si](C)(C)C)cc1-c1cc2ccc3ccccc3c2cc1C. The van der Waals surface area contributed by atoms with Crippen molar-refractivity contribution in [3.8, 4) is 22.5 Å². The van der Waals surface area contributed by atoms with E-state index in [-0.39, 0.29) is 0 Å². The Morgan fingerprint density at radius 3 is 2.03 bits per heavy atom. The standard InChI is InChI=1S/C35H34N2Si/c1-25-12-6-8-14-30(25)34-16-10-11-20-36(34)37-21-19-29(38(3,4)5)24-35(37)32-23-28-18-17-27-13-7-9-15-31(27)33(28)22-26(32)2/h6-24H,1-5H3/q+2. The molecule has 6 rings (SSSR count). The molecule has 0 bridgehead atoms. The third-order valence-corrected chi connectivity index (χ3v) is 9.70. The average molecular weight is 511 g/mol. The van der Waals surface area contributed by atoms with E-state index in [1.54, 1.807) is 0 Å². The highest BCUT2D eigenvalue weighted by atomic mass is 28.3. The van der Waals surface area contributed by atoms with Crippen molar-refractivity contribution in [2.45, 2.75) is 33.5 Å². The van der Waals surface area contributed by atoms with Crippen LogP contribution in [0.1, 0.15) is 11.1 Å². The summed E-state index contributed by atoms with van der Waals surface area (Å²) >= 11 is 0. The number of aryl methyl sites for hydroxylation is 2. The Balaban J connectivity index is 1.65. The fourth-order valence-corrected chi connectivity index (χ4v) is 6.63. The Morgan fingerprint density at radius 2 is 1.21 bits per heavy atom. The molecule has 0 N–H and O–H groups in total. The first kappa shape index (κ1) is 24.3. The van der Waals surface area contributed by atoms with Crippen molar-refractivity contribution in [3.63, 3.8) is 0 Å². The molecule has 2 nitrogen and oxygen atoms in total. The maximum atomic E-state index is 2.43. The van der Waals surface area contributed by atoms with Gasteiger partial charge in [0.15, 0.2) is 0 Å². The van der Waals surface area contributed by atoms with E-state index in [4.69, 9.17) is 0 Å². The summed E-state index contributed by atoms with van der Waals surface area (Å²) in [6.45, 7) is 11.7. The average Bonchev–Trinajstić information content (AvgIpc) is 2.92. The van der Waals surface area contributed by atoms with Gasteiger partial charge in [-0.15, -0.1) is 0 Å². The largest absolute Gasteiger partial charge is 0.284 e. The van der Waals surface area contributed by atoms with Gasteiger partial charge in [-0.05, 0) is 76.0 Å². The van der Waals surface area contributed by atoms with Crippen molar-refractivity contribution in [2.24, 2.45) is 0 Å². The minimum atomic E-state index is -1.54. The van der Waals surface area contributed by atoms with Crippen LogP contribution in [-0.4, -0.2) is 8.07 Å². The molecule has 0 unspecified atom stereocenters. The van der Waals surface area contributed by atoms with Crippen LogP contribution in [0, 0.1) is 13.8 Å². The molecular formula is C35H34N2Si+2. The maximum Gasteiger partial charge on any atom is 0.284 e. The van der Waals surface area contributed by atoms with Crippen molar-refractivity contribution < 1.29 is 9.35 Å². The number of hydrogen-bond acceptors (Lipinski definition) is 0. The zero-order valence-electron chi connectivity index (χ0n) is 22.9. The number of nitrogens with zero attached hydrogens (tertiary/aromatic N) is 2. The number of rotatable bonds is 4. The summed E-state index contributed by atoms with van der Waals surface area (Å²) in [4.78, 5) is 0. The van der Waals surface area contributed by atoms with Crippen LogP contribution >= 0.6 is 0 Å². The van der Waals surface area contributed by atoms with Crippen LogP contribution in [0.15, 0.2) is 116 Å². The van der Waals surface area contributed by atoms with Gasteiger partial charge in [0.1, 0.15) is 0 Å². The molecule has 0 saturated carbocycles. The van der Waals surface area contributed by atoms with Crippen LogP contribution in [0.4, 0.5) is 0 Å². The molecule has 0 atom stereocenters. The fraction of sp³-hybridized carbons (Fsp3) is 0.143. The van der Waals surface area contributed by atoms with E-state index < -0.39 is 8.07 Å². The molecule has 0 saturated heterocycles. The lowest BCUT2D eigenvalue weighted by atomic mass is 9.95. The van der Waals surface area contributed by atoms with Crippen molar-refractivity contribution in [3.05, 3.63) is 127 Å². The minimum Gasteiger partial charge on any atom is -0.0656 e. The summed E-state index contributed by atoms with van der Waals surface area (Å²) in [6, 6.07) is 37.8. The molecule has 0 aliphatic heterocycles. The molecular weight excluding hydrogens is 476 g/mol. The highest BCUT2D eigenvalue weighted by molar-refractivity contribution is 6.88. The van der Waals surface area contributed by atoms with E-state index in [1.165, 1.54) is 60.4 Å². The van der Waals surface area contributed by atoms with Gasteiger partial charge in [-0.25, -0.2) is 0 Å². The summed E-state index contributed by atoms with van der Waals surface area (Å²) in [5, 5.41) is 6.63. The van der Waals surface area contributed by atoms with Crippen molar-refractivity contribution >= 4 is 34.8 Å². The van der Waals surface area contributed by atoms with E-state index in [0.29, 0.717) is 0 Å². The van der Waals surface area contributed by atoms with Crippen LogP contribution in [-0.2, 0) is 0 Å². The van der Waals surface area contributed by atoms with Crippen molar-refractivity contribution in [2.75, 3.05) is 0 Å². The van der Waals surface area contributed by atoms with E-state index in [1.807, 2.05) is 0 Å². The van der Waals surface area contributed by atoms with Crippen LogP contribution in [0.3, 0.4) is 0 Å². The molecule has 3 heteroatoms. The second-order valence-electron chi connectivity index (χ2n) is 11.3. The first-order valence-electron chi connectivity index (χ1n) is 13.4. The molecule has 4 aromatic carbocycles. The predicted molar refractivity (Wildman–Crippen MR) is 162 cm³/mol. The van der Waals surface area contributed by atoms with Crippen LogP contribution in [0.25, 0.3) is 44.1 Å². The van der Waals surface area contributed by atoms with Gasteiger partial charge in [-0.2, -0.15) is 0 Å². The lowest BCUT2D eigenvalue weighted by Gasteiger charge is -2.16. The van der Waals surface area contributed by atoms with E-state index in [9.17, 15) is 0 Å². The minimum absolute atomic E-state index is 1.17. The monoisotopic (exact) mass is 510 g/mol. The molecule has 0 aliphatic carbocycles. The van der Waals surface area contributed by atoms with Crippen molar-refractivity contribution in [1.29, 1.82) is 0 Å². The third kappa shape index (κ3) is 4.23. The predicted octanol–water partition coefficient (Wildman–Crippen LogP) is 7.38. The third-order valence-electron chi connectivity index (χ3n) is 7.66.